The van der Waals surface area contributed by atoms with E-state index in [1.165, 1.54) is 12.1 Å². The summed E-state index contributed by atoms with van der Waals surface area (Å²) in [7, 11) is 0. The van der Waals surface area contributed by atoms with E-state index in [4.69, 9.17) is 0 Å². The molecule has 20 heavy (non-hydrogen) atoms. The minimum absolute atomic E-state index is 0.0239. The number of likely N-dealkylation sites (tertiary alicyclic amines) is 1. The summed E-state index contributed by atoms with van der Waals surface area (Å²) in [6, 6.07) is 3.01. The molecule has 5 heteroatoms. The fourth-order valence-corrected chi connectivity index (χ4v) is 3.07. The van der Waals surface area contributed by atoms with Crippen LogP contribution in [-0.4, -0.2) is 34.7 Å². The van der Waals surface area contributed by atoms with E-state index < -0.39 is 17.2 Å². The van der Waals surface area contributed by atoms with Crippen LogP contribution < -0.4 is 0 Å². The minimum atomic E-state index is -1.02. The number of piperidine rings is 1. The third-order valence-electron chi connectivity index (χ3n) is 4.10. The zero-order chi connectivity index (χ0) is 14.9. The average molecular weight is 348 g/mol. The number of hydrogen-bond donors (Lipinski definition) is 1. The van der Waals surface area contributed by atoms with Crippen LogP contribution in [0.3, 0.4) is 0 Å². The van der Waals surface area contributed by atoms with Crippen LogP contribution in [0.1, 0.15) is 32.3 Å². The molecule has 0 unspecified atom stereocenters. The largest absolute Gasteiger partial charge is 0.389 e. The van der Waals surface area contributed by atoms with Gasteiger partial charge in [0, 0.05) is 31.1 Å². The smallest absolute Gasteiger partial charge is 0.143 e. The van der Waals surface area contributed by atoms with Crippen LogP contribution in [0, 0.1) is 11.6 Å². The van der Waals surface area contributed by atoms with Gasteiger partial charge in [0.25, 0.3) is 0 Å². The van der Waals surface area contributed by atoms with Crippen molar-refractivity contribution in [3.8, 4) is 0 Å². The quantitative estimate of drug-likeness (QED) is 0.846. The molecule has 1 N–H and O–H groups in total. The Kier molecular flexibility index (Phi) is 4.82. The molecule has 1 heterocycles. The molecule has 1 saturated heterocycles. The van der Waals surface area contributed by atoms with Crippen molar-refractivity contribution in [2.75, 3.05) is 13.1 Å². The van der Waals surface area contributed by atoms with Crippen molar-refractivity contribution in [2.45, 2.75) is 44.8 Å². The predicted molar refractivity (Wildman–Crippen MR) is 78.7 cm³/mol. The van der Waals surface area contributed by atoms with Crippen molar-refractivity contribution in [2.24, 2.45) is 0 Å². The molecule has 0 saturated carbocycles. The van der Waals surface area contributed by atoms with E-state index in [0.717, 1.165) is 13.1 Å². The normalized spacial score (nSPS) is 19.6. The molecule has 112 valence electrons. The van der Waals surface area contributed by atoms with Crippen molar-refractivity contribution >= 4 is 15.9 Å². The van der Waals surface area contributed by atoms with E-state index in [-0.39, 0.29) is 16.5 Å². The lowest BCUT2D eigenvalue weighted by atomic mass is 9.84. The van der Waals surface area contributed by atoms with Crippen molar-refractivity contribution in [3.63, 3.8) is 0 Å². The number of benzene rings is 1. The molecular formula is C15H20BrF2NO. The van der Waals surface area contributed by atoms with E-state index in [9.17, 15) is 13.9 Å². The first kappa shape index (κ1) is 15.9. The molecule has 2 nitrogen and oxygen atoms in total. The molecule has 1 aliphatic heterocycles. The highest BCUT2D eigenvalue weighted by atomic mass is 79.9. The molecule has 0 atom stereocenters. The number of nitrogens with zero attached hydrogens (tertiary/aromatic N) is 1. The second-order valence-corrected chi connectivity index (χ2v) is 6.71. The van der Waals surface area contributed by atoms with E-state index in [0.29, 0.717) is 18.9 Å². The van der Waals surface area contributed by atoms with Crippen LogP contribution >= 0.6 is 15.9 Å². The molecule has 0 bridgehead atoms. The number of aliphatic hydroxyl groups is 1. The highest BCUT2D eigenvalue weighted by molar-refractivity contribution is 9.10. The second-order valence-electron chi connectivity index (χ2n) is 5.85. The Hall–Kier alpha value is -0.520. The Morgan fingerprint density at radius 1 is 1.30 bits per heavy atom. The van der Waals surface area contributed by atoms with Gasteiger partial charge in [-0.1, -0.05) is 0 Å². The van der Waals surface area contributed by atoms with Gasteiger partial charge >= 0.3 is 0 Å². The minimum Gasteiger partial charge on any atom is -0.389 e. The Labute approximate surface area is 126 Å². The van der Waals surface area contributed by atoms with Crippen molar-refractivity contribution in [1.82, 2.24) is 4.90 Å². The molecule has 2 rings (SSSR count). The molecule has 1 aromatic rings. The van der Waals surface area contributed by atoms with Crippen LogP contribution in [-0.2, 0) is 6.42 Å². The van der Waals surface area contributed by atoms with Crippen molar-refractivity contribution < 1.29 is 13.9 Å². The summed E-state index contributed by atoms with van der Waals surface area (Å²) in [6.07, 6.45) is 1.10. The number of halogens is 3. The molecule has 0 aromatic heterocycles. The zero-order valence-electron chi connectivity index (χ0n) is 11.8. The fourth-order valence-electron chi connectivity index (χ4n) is 2.69. The summed E-state index contributed by atoms with van der Waals surface area (Å²) >= 11 is 3.06. The van der Waals surface area contributed by atoms with Gasteiger partial charge in [-0.05, 0) is 54.8 Å². The topological polar surface area (TPSA) is 23.5 Å². The van der Waals surface area contributed by atoms with E-state index in [2.05, 4.69) is 34.7 Å². The average Bonchev–Trinajstić information content (AvgIpc) is 2.40. The first-order chi connectivity index (χ1) is 9.32. The van der Waals surface area contributed by atoms with Gasteiger partial charge in [-0.3, -0.25) is 0 Å². The summed E-state index contributed by atoms with van der Waals surface area (Å²) in [6.45, 7) is 5.73. The summed E-state index contributed by atoms with van der Waals surface area (Å²) < 4.78 is 28.0. The van der Waals surface area contributed by atoms with Crippen molar-refractivity contribution in [1.29, 1.82) is 0 Å². The number of hydrogen-bond acceptors (Lipinski definition) is 2. The Morgan fingerprint density at radius 3 is 2.45 bits per heavy atom. The van der Waals surface area contributed by atoms with Gasteiger partial charge in [-0.2, -0.15) is 0 Å². The lowest BCUT2D eigenvalue weighted by Gasteiger charge is -2.40. The van der Waals surface area contributed by atoms with Gasteiger partial charge < -0.3 is 10.0 Å². The maximum atomic E-state index is 14.0. The van der Waals surface area contributed by atoms with Gasteiger partial charge in [0.15, 0.2) is 0 Å². The zero-order valence-corrected chi connectivity index (χ0v) is 13.4. The van der Waals surface area contributed by atoms with E-state index in [1.807, 2.05) is 0 Å². The fraction of sp³-hybridized carbons (Fsp3) is 0.600. The first-order valence-corrected chi connectivity index (χ1v) is 7.70. The third-order valence-corrected chi connectivity index (χ3v) is 4.72. The summed E-state index contributed by atoms with van der Waals surface area (Å²) in [5, 5.41) is 10.6. The number of rotatable bonds is 3. The summed E-state index contributed by atoms with van der Waals surface area (Å²) in [5.74, 6) is -1.20. The first-order valence-electron chi connectivity index (χ1n) is 6.91. The van der Waals surface area contributed by atoms with Crippen LogP contribution in [0.15, 0.2) is 16.6 Å². The standard InChI is InChI=1S/C15H20BrF2NO/c1-10(2)19-7-5-15(20,6-8-19)9-11-13(17)4-3-12(16)14(11)18/h3-4,10,20H,5-9H2,1-2H3. The Balaban J connectivity index is 2.13. The highest BCUT2D eigenvalue weighted by Crippen LogP contribution is 2.31. The molecule has 1 aromatic carbocycles. The van der Waals surface area contributed by atoms with Gasteiger partial charge in [0.1, 0.15) is 11.6 Å². The molecule has 1 fully saturated rings. The van der Waals surface area contributed by atoms with Gasteiger partial charge in [0.05, 0.1) is 10.1 Å². The molecular weight excluding hydrogens is 328 g/mol. The summed E-state index contributed by atoms with van der Waals surface area (Å²) in [5.41, 5.74) is -1.05. The monoisotopic (exact) mass is 347 g/mol. The lowest BCUT2D eigenvalue weighted by Crippen LogP contribution is -2.48. The molecule has 1 aliphatic rings. The molecule has 0 aliphatic carbocycles. The maximum Gasteiger partial charge on any atom is 0.143 e. The predicted octanol–water partition coefficient (Wildman–Crippen LogP) is 3.51. The Morgan fingerprint density at radius 2 is 1.90 bits per heavy atom. The maximum absolute atomic E-state index is 14.0. The lowest BCUT2D eigenvalue weighted by molar-refractivity contribution is -0.0282. The van der Waals surface area contributed by atoms with Crippen molar-refractivity contribution in [3.05, 3.63) is 33.8 Å². The van der Waals surface area contributed by atoms with E-state index in [1.54, 1.807) is 0 Å². The second kappa shape index (κ2) is 6.08. The van der Waals surface area contributed by atoms with Crippen LogP contribution in [0.25, 0.3) is 0 Å². The van der Waals surface area contributed by atoms with Gasteiger partial charge in [-0.25, -0.2) is 8.78 Å². The highest BCUT2D eigenvalue weighted by Gasteiger charge is 2.35. The van der Waals surface area contributed by atoms with Gasteiger partial charge in [0.2, 0.25) is 0 Å². The van der Waals surface area contributed by atoms with Gasteiger partial charge in [-0.15, -0.1) is 0 Å². The Bertz CT molecular complexity index is 485. The molecule has 0 radical (unpaired) electrons. The molecule has 0 amide bonds. The molecule has 0 spiro atoms. The van der Waals surface area contributed by atoms with Crippen LogP contribution in [0.5, 0.6) is 0 Å². The SMILES string of the molecule is CC(C)N1CCC(O)(Cc2c(F)ccc(Br)c2F)CC1. The third kappa shape index (κ3) is 3.38. The van der Waals surface area contributed by atoms with Crippen LogP contribution in [0.4, 0.5) is 8.78 Å². The van der Waals surface area contributed by atoms with Crippen LogP contribution in [0.2, 0.25) is 0 Å². The van der Waals surface area contributed by atoms with E-state index >= 15 is 0 Å². The summed E-state index contributed by atoms with van der Waals surface area (Å²) in [4.78, 5) is 2.27.